The highest BCUT2D eigenvalue weighted by atomic mass is 16.7. The van der Waals surface area contributed by atoms with Gasteiger partial charge in [0.05, 0.1) is 11.4 Å². The molecule has 0 aliphatic carbocycles. The van der Waals surface area contributed by atoms with Gasteiger partial charge in [-0.25, -0.2) is 0 Å². The zero-order valence-electron chi connectivity index (χ0n) is 10.9. The summed E-state index contributed by atoms with van der Waals surface area (Å²) in [6, 6.07) is 13.8. The third-order valence-corrected chi connectivity index (χ3v) is 2.59. The first kappa shape index (κ1) is 13.2. The summed E-state index contributed by atoms with van der Waals surface area (Å²) in [7, 11) is 0. The van der Waals surface area contributed by atoms with Crippen LogP contribution >= 0.6 is 0 Å². The van der Waals surface area contributed by atoms with Gasteiger partial charge < -0.3 is 9.94 Å². The number of aromatic nitrogens is 1. The molecule has 1 heterocycles. The second-order valence-corrected chi connectivity index (χ2v) is 4.18. The van der Waals surface area contributed by atoms with Crippen molar-refractivity contribution in [2.24, 2.45) is 5.16 Å². The van der Waals surface area contributed by atoms with Gasteiger partial charge in [-0.15, -0.1) is 0 Å². The number of pyridine rings is 1. The van der Waals surface area contributed by atoms with Crippen molar-refractivity contribution < 1.29 is 9.94 Å². The molecular formula is C15H16N2O2. The van der Waals surface area contributed by atoms with Gasteiger partial charge in [-0.1, -0.05) is 35.5 Å². The fourth-order valence-electron chi connectivity index (χ4n) is 1.60. The first-order valence-corrected chi connectivity index (χ1v) is 6.07. The minimum absolute atomic E-state index is 0.674. The lowest BCUT2D eigenvalue weighted by Gasteiger charge is -2.05. The van der Waals surface area contributed by atoms with Crippen molar-refractivity contribution in [2.45, 2.75) is 20.1 Å². The lowest BCUT2D eigenvalue weighted by Crippen LogP contribution is -2.04. The van der Waals surface area contributed by atoms with Crippen LogP contribution in [0.25, 0.3) is 11.3 Å². The lowest BCUT2D eigenvalue weighted by atomic mass is 10.1. The normalized spacial score (nSPS) is 13.1. The Morgan fingerprint density at radius 2 is 1.95 bits per heavy atom. The van der Waals surface area contributed by atoms with E-state index in [4.69, 9.17) is 9.94 Å². The third kappa shape index (κ3) is 3.63. The molecule has 1 unspecified atom stereocenters. The molecule has 1 aromatic carbocycles. The van der Waals surface area contributed by atoms with Gasteiger partial charge in [-0.05, 0) is 19.1 Å². The maximum atomic E-state index is 9.00. The van der Waals surface area contributed by atoms with Crippen molar-refractivity contribution in [3.63, 3.8) is 0 Å². The van der Waals surface area contributed by atoms with Crippen LogP contribution in [0.5, 0.6) is 0 Å². The van der Waals surface area contributed by atoms with E-state index in [9.17, 15) is 0 Å². The molecule has 1 aromatic heterocycles. The largest absolute Gasteiger partial charge is 0.364 e. The molecule has 0 saturated carbocycles. The zero-order valence-corrected chi connectivity index (χ0v) is 10.9. The predicted molar refractivity (Wildman–Crippen MR) is 74.6 cm³/mol. The Labute approximate surface area is 112 Å². The van der Waals surface area contributed by atoms with Crippen molar-refractivity contribution >= 4 is 5.71 Å². The number of aliphatic hydroxyl groups excluding tert-OH is 1. The zero-order chi connectivity index (χ0) is 13.7. The average Bonchev–Trinajstić information content (AvgIpc) is 2.46. The molecule has 4 nitrogen and oxygen atoms in total. The number of nitrogens with zero attached hydrogens (tertiary/aromatic N) is 2. The van der Waals surface area contributed by atoms with Gasteiger partial charge in [0.2, 0.25) is 6.29 Å². The summed E-state index contributed by atoms with van der Waals surface area (Å²) < 4.78 is 0. The summed E-state index contributed by atoms with van der Waals surface area (Å²) in [4.78, 5) is 9.19. The van der Waals surface area contributed by atoms with Crippen molar-refractivity contribution in [3.05, 3.63) is 54.2 Å². The maximum Gasteiger partial charge on any atom is 0.221 e. The van der Waals surface area contributed by atoms with E-state index >= 15 is 0 Å². The van der Waals surface area contributed by atoms with Gasteiger partial charge in [0.15, 0.2) is 0 Å². The van der Waals surface area contributed by atoms with Gasteiger partial charge >= 0.3 is 0 Å². The van der Waals surface area contributed by atoms with Crippen LogP contribution in [-0.4, -0.2) is 22.1 Å². The van der Waals surface area contributed by atoms with Crippen molar-refractivity contribution in [1.82, 2.24) is 4.98 Å². The average molecular weight is 256 g/mol. The Morgan fingerprint density at radius 3 is 2.53 bits per heavy atom. The molecule has 4 heteroatoms. The lowest BCUT2D eigenvalue weighted by molar-refractivity contribution is -0.0837. The molecule has 2 rings (SSSR count). The Kier molecular flexibility index (Phi) is 4.26. The highest BCUT2D eigenvalue weighted by molar-refractivity contribution is 5.98. The molecule has 0 bridgehead atoms. The van der Waals surface area contributed by atoms with E-state index in [1.165, 1.54) is 6.92 Å². The second kappa shape index (κ2) is 6.11. The van der Waals surface area contributed by atoms with E-state index in [2.05, 4.69) is 10.1 Å². The van der Waals surface area contributed by atoms with Crippen molar-refractivity contribution in [2.75, 3.05) is 0 Å². The number of hydrogen-bond acceptors (Lipinski definition) is 4. The molecule has 19 heavy (non-hydrogen) atoms. The van der Waals surface area contributed by atoms with Crippen LogP contribution in [0.15, 0.2) is 53.8 Å². The van der Waals surface area contributed by atoms with Crippen LogP contribution in [0, 0.1) is 0 Å². The van der Waals surface area contributed by atoms with E-state index in [0.29, 0.717) is 5.71 Å². The van der Waals surface area contributed by atoms with Crippen LogP contribution in [-0.2, 0) is 4.84 Å². The van der Waals surface area contributed by atoms with E-state index in [0.717, 1.165) is 16.8 Å². The molecule has 0 amide bonds. The van der Waals surface area contributed by atoms with Crippen LogP contribution < -0.4 is 0 Å². The fraction of sp³-hybridized carbons (Fsp3) is 0.200. The van der Waals surface area contributed by atoms with Gasteiger partial charge in [0.1, 0.15) is 0 Å². The van der Waals surface area contributed by atoms with Gasteiger partial charge in [-0.3, -0.25) is 4.98 Å². The predicted octanol–water partition coefficient (Wildman–Crippen LogP) is 2.83. The Morgan fingerprint density at radius 1 is 1.21 bits per heavy atom. The minimum Gasteiger partial charge on any atom is -0.364 e. The number of benzene rings is 1. The SMILES string of the molecule is CC(=NOC(C)O)c1ccc(-c2ccccc2)nc1. The number of aliphatic hydroxyl groups is 1. The maximum absolute atomic E-state index is 9.00. The molecule has 98 valence electrons. The van der Waals surface area contributed by atoms with E-state index in [-0.39, 0.29) is 0 Å². The molecule has 2 aromatic rings. The smallest absolute Gasteiger partial charge is 0.221 e. The summed E-state index contributed by atoms with van der Waals surface area (Å²) in [6.45, 7) is 3.31. The van der Waals surface area contributed by atoms with Crippen LogP contribution in [0.4, 0.5) is 0 Å². The van der Waals surface area contributed by atoms with Crippen molar-refractivity contribution in [3.8, 4) is 11.3 Å². The molecule has 1 N–H and O–H groups in total. The number of hydrogen-bond donors (Lipinski definition) is 1. The van der Waals surface area contributed by atoms with Crippen LogP contribution in [0.2, 0.25) is 0 Å². The highest BCUT2D eigenvalue weighted by Gasteiger charge is 2.02. The molecule has 0 spiro atoms. The highest BCUT2D eigenvalue weighted by Crippen LogP contribution is 2.16. The van der Waals surface area contributed by atoms with Gasteiger partial charge in [0.25, 0.3) is 0 Å². The summed E-state index contributed by atoms with van der Waals surface area (Å²) >= 11 is 0. The fourth-order valence-corrected chi connectivity index (χ4v) is 1.60. The Hall–Kier alpha value is -2.20. The molecule has 0 fully saturated rings. The molecule has 0 aliphatic heterocycles. The molecule has 0 aliphatic rings. The van der Waals surface area contributed by atoms with E-state index in [1.54, 1.807) is 6.20 Å². The first-order valence-electron chi connectivity index (χ1n) is 6.07. The summed E-state index contributed by atoms with van der Waals surface area (Å²) in [5.74, 6) is 0. The number of oxime groups is 1. The molecular weight excluding hydrogens is 240 g/mol. The second-order valence-electron chi connectivity index (χ2n) is 4.18. The van der Waals surface area contributed by atoms with Gasteiger partial charge in [0, 0.05) is 24.2 Å². The van der Waals surface area contributed by atoms with Gasteiger partial charge in [-0.2, -0.15) is 0 Å². The summed E-state index contributed by atoms with van der Waals surface area (Å²) in [6.07, 6.45) is 0.832. The number of rotatable bonds is 4. The van der Waals surface area contributed by atoms with Crippen LogP contribution in [0.3, 0.4) is 0 Å². The Bertz CT molecular complexity index is 548. The topological polar surface area (TPSA) is 54.7 Å². The third-order valence-electron chi connectivity index (χ3n) is 2.59. The van der Waals surface area contributed by atoms with Crippen LogP contribution in [0.1, 0.15) is 19.4 Å². The van der Waals surface area contributed by atoms with E-state index in [1.807, 2.05) is 49.4 Å². The summed E-state index contributed by atoms with van der Waals surface area (Å²) in [5, 5.41) is 12.8. The van der Waals surface area contributed by atoms with E-state index < -0.39 is 6.29 Å². The minimum atomic E-state index is -0.911. The summed E-state index contributed by atoms with van der Waals surface area (Å²) in [5.41, 5.74) is 3.52. The monoisotopic (exact) mass is 256 g/mol. The molecule has 1 atom stereocenters. The standard InChI is InChI=1S/C15H16N2O2/c1-11(17-19-12(2)18)14-8-9-15(16-10-14)13-6-4-3-5-7-13/h3-10,12,18H,1-2H3. The molecule has 0 radical (unpaired) electrons. The van der Waals surface area contributed by atoms with Crippen molar-refractivity contribution in [1.29, 1.82) is 0 Å². The quantitative estimate of drug-likeness (QED) is 0.520. The molecule has 0 saturated heterocycles. The Balaban J connectivity index is 2.17. The first-order chi connectivity index (χ1) is 9.16.